The number of nitrogens with one attached hydrogen (secondary N) is 1. The molecule has 0 atom stereocenters. The van der Waals surface area contributed by atoms with E-state index in [0.29, 0.717) is 22.3 Å². The Morgan fingerprint density at radius 1 is 1.00 bits per heavy atom. The fourth-order valence-corrected chi connectivity index (χ4v) is 5.59. The third kappa shape index (κ3) is 4.78. The number of carbonyl (C=O) groups is 1. The summed E-state index contributed by atoms with van der Waals surface area (Å²) in [6.45, 7) is 3.80. The molecule has 0 radical (unpaired) electrons. The summed E-state index contributed by atoms with van der Waals surface area (Å²) in [5, 5.41) is 3.48. The highest BCUT2D eigenvalue weighted by Crippen LogP contribution is 2.29. The van der Waals surface area contributed by atoms with Gasteiger partial charge in [0, 0.05) is 17.1 Å². The molecule has 6 nitrogen and oxygen atoms in total. The highest BCUT2D eigenvalue weighted by Gasteiger charge is 2.23. The van der Waals surface area contributed by atoms with Crippen molar-refractivity contribution >= 4 is 32.3 Å². The lowest BCUT2D eigenvalue weighted by Crippen LogP contribution is -2.18. The Hall–Kier alpha value is -3.58. The molecule has 1 amide bonds. The van der Waals surface area contributed by atoms with E-state index in [1.165, 1.54) is 0 Å². The van der Waals surface area contributed by atoms with Gasteiger partial charge in [-0.3, -0.25) is 4.79 Å². The highest BCUT2D eigenvalue weighted by atomic mass is 32.2. The SMILES string of the molecule is COc1ccc(C)cc1NC(=O)Cn1cc(S(=O)(=O)Cc2ccccc2C)c2ccccc21. The van der Waals surface area contributed by atoms with Gasteiger partial charge in [0.15, 0.2) is 9.84 Å². The first-order valence-corrected chi connectivity index (χ1v) is 12.2. The maximum atomic E-state index is 13.3. The number of nitrogens with zero attached hydrogens (tertiary/aromatic N) is 1. The molecule has 1 N–H and O–H groups in total. The maximum absolute atomic E-state index is 13.3. The van der Waals surface area contributed by atoms with Crippen molar-refractivity contribution in [3.63, 3.8) is 0 Å². The summed E-state index contributed by atoms with van der Waals surface area (Å²) < 4.78 is 33.7. The van der Waals surface area contributed by atoms with Crippen molar-refractivity contribution < 1.29 is 17.9 Å². The molecule has 0 fully saturated rings. The molecule has 7 heteroatoms. The lowest BCUT2D eigenvalue weighted by atomic mass is 10.1. The molecule has 0 spiro atoms. The number of aromatic nitrogens is 1. The van der Waals surface area contributed by atoms with Crippen LogP contribution in [0.5, 0.6) is 5.75 Å². The minimum absolute atomic E-state index is 0.0303. The van der Waals surface area contributed by atoms with Gasteiger partial charge >= 0.3 is 0 Å². The summed E-state index contributed by atoms with van der Waals surface area (Å²) >= 11 is 0. The number of para-hydroxylation sites is 1. The predicted octanol–water partition coefficient (Wildman–Crippen LogP) is 4.88. The molecule has 3 aromatic carbocycles. The smallest absolute Gasteiger partial charge is 0.244 e. The van der Waals surface area contributed by atoms with Crippen LogP contribution in [-0.4, -0.2) is 26.0 Å². The molecule has 4 aromatic rings. The van der Waals surface area contributed by atoms with Crippen LogP contribution in [0.4, 0.5) is 5.69 Å². The number of sulfone groups is 1. The molecule has 0 aliphatic carbocycles. The molecule has 0 aliphatic rings. The van der Waals surface area contributed by atoms with E-state index in [-0.39, 0.29) is 23.1 Å². The van der Waals surface area contributed by atoms with E-state index in [4.69, 9.17) is 4.74 Å². The van der Waals surface area contributed by atoms with Gasteiger partial charge < -0.3 is 14.6 Å². The van der Waals surface area contributed by atoms with Crippen LogP contribution in [-0.2, 0) is 26.9 Å². The average molecular weight is 463 g/mol. The first kappa shape index (κ1) is 22.6. The zero-order valence-electron chi connectivity index (χ0n) is 18.8. The quantitative estimate of drug-likeness (QED) is 0.425. The lowest BCUT2D eigenvalue weighted by Gasteiger charge is -2.12. The average Bonchev–Trinajstić information content (AvgIpc) is 3.15. The Bertz CT molecular complexity index is 1440. The van der Waals surface area contributed by atoms with Gasteiger partial charge in [0.25, 0.3) is 0 Å². The summed E-state index contributed by atoms with van der Waals surface area (Å²) in [5.74, 6) is 0.190. The second-order valence-corrected chi connectivity index (χ2v) is 10.0. The van der Waals surface area contributed by atoms with Crippen molar-refractivity contribution in [3.05, 3.63) is 89.6 Å². The summed E-state index contributed by atoms with van der Waals surface area (Å²) in [6, 6.07) is 20.2. The minimum Gasteiger partial charge on any atom is -0.495 e. The number of methoxy groups -OCH3 is 1. The van der Waals surface area contributed by atoms with E-state index in [0.717, 1.165) is 16.7 Å². The van der Waals surface area contributed by atoms with E-state index in [9.17, 15) is 13.2 Å². The molecule has 0 bridgehead atoms. The Balaban J connectivity index is 1.66. The maximum Gasteiger partial charge on any atom is 0.244 e. The third-order valence-electron chi connectivity index (χ3n) is 5.64. The molecule has 0 aliphatic heterocycles. The van der Waals surface area contributed by atoms with Gasteiger partial charge in [0.2, 0.25) is 5.91 Å². The number of benzene rings is 3. The number of amides is 1. The number of hydrogen-bond donors (Lipinski definition) is 1. The normalized spacial score (nSPS) is 11.5. The molecule has 1 heterocycles. The molecule has 170 valence electrons. The predicted molar refractivity (Wildman–Crippen MR) is 130 cm³/mol. The van der Waals surface area contributed by atoms with E-state index in [1.807, 2.05) is 62.4 Å². The van der Waals surface area contributed by atoms with Crippen LogP contribution in [0.3, 0.4) is 0 Å². The highest BCUT2D eigenvalue weighted by molar-refractivity contribution is 7.90. The van der Waals surface area contributed by atoms with E-state index < -0.39 is 9.84 Å². The molecule has 1 aromatic heterocycles. The summed E-state index contributed by atoms with van der Waals surface area (Å²) in [7, 11) is -2.08. The molecule has 0 saturated heterocycles. The standard InChI is InChI=1S/C26H26N2O4S/c1-18-12-13-24(32-3)22(14-18)27-26(29)16-28-15-25(21-10-6-7-11-23(21)28)33(30,31)17-20-9-5-4-8-19(20)2/h4-15H,16-17H2,1-3H3,(H,27,29). The van der Waals surface area contributed by atoms with Crippen LogP contribution in [0.25, 0.3) is 10.9 Å². The molecule has 4 rings (SSSR count). The first-order valence-electron chi connectivity index (χ1n) is 10.6. The monoisotopic (exact) mass is 462 g/mol. The molecule has 0 saturated carbocycles. The molecule has 0 unspecified atom stereocenters. The Morgan fingerprint density at radius 3 is 2.48 bits per heavy atom. The number of fused-ring (bicyclic) bond motifs is 1. The molecular formula is C26H26N2O4S. The second kappa shape index (κ2) is 9.11. The van der Waals surface area contributed by atoms with Crippen molar-refractivity contribution in [2.24, 2.45) is 0 Å². The van der Waals surface area contributed by atoms with Gasteiger partial charge in [-0.1, -0.05) is 48.5 Å². The van der Waals surface area contributed by atoms with E-state index >= 15 is 0 Å². The molecule has 33 heavy (non-hydrogen) atoms. The fourth-order valence-electron chi connectivity index (χ4n) is 3.91. The van der Waals surface area contributed by atoms with Crippen LogP contribution >= 0.6 is 0 Å². The van der Waals surface area contributed by atoms with Gasteiger partial charge in [-0.25, -0.2) is 8.42 Å². The van der Waals surface area contributed by atoms with Crippen LogP contribution in [0.15, 0.2) is 77.8 Å². The van der Waals surface area contributed by atoms with Crippen molar-refractivity contribution in [1.82, 2.24) is 4.57 Å². The van der Waals surface area contributed by atoms with Crippen molar-refractivity contribution in [2.75, 3.05) is 12.4 Å². The number of rotatable bonds is 7. The Kier molecular flexibility index (Phi) is 6.24. The fraction of sp³-hybridized carbons (Fsp3) is 0.192. The van der Waals surface area contributed by atoms with Gasteiger partial charge in [0.05, 0.1) is 23.4 Å². The van der Waals surface area contributed by atoms with Gasteiger partial charge in [-0.15, -0.1) is 0 Å². The van der Waals surface area contributed by atoms with Gasteiger partial charge in [-0.05, 0) is 48.7 Å². The zero-order valence-corrected chi connectivity index (χ0v) is 19.6. The van der Waals surface area contributed by atoms with Gasteiger partial charge in [0.1, 0.15) is 12.3 Å². The van der Waals surface area contributed by atoms with Crippen LogP contribution in [0.2, 0.25) is 0 Å². The van der Waals surface area contributed by atoms with Gasteiger partial charge in [-0.2, -0.15) is 0 Å². The number of carbonyl (C=O) groups excluding carboxylic acids is 1. The third-order valence-corrected chi connectivity index (χ3v) is 7.32. The zero-order chi connectivity index (χ0) is 23.6. The summed E-state index contributed by atoms with van der Waals surface area (Å²) in [5.41, 5.74) is 3.94. The Morgan fingerprint density at radius 2 is 1.73 bits per heavy atom. The number of anilines is 1. The Labute approximate surface area is 193 Å². The van der Waals surface area contributed by atoms with E-state index in [2.05, 4.69) is 5.32 Å². The second-order valence-electron chi connectivity index (χ2n) is 8.08. The number of aryl methyl sites for hydroxylation is 2. The van der Waals surface area contributed by atoms with Crippen molar-refractivity contribution in [2.45, 2.75) is 31.0 Å². The number of ether oxygens (including phenoxy) is 1. The van der Waals surface area contributed by atoms with E-state index in [1.54, 1.807) is 36.1 Å². The summed E-state index contributed by atoms with van der Waals surface area (Å²) in [6.07, 6.45) is 1.56. The first-order chi connectivity index (χ1) is 15.8. The number of hydrogen-bond acceptors (Lipinski definition) is 4. The van der Waals surface area contributed by atoms with Crippen LogP contribution < -0.4 is 10.1 Å². The van der Waals surface area contributed by atoms with Crippen LogP contribution in [0.1, 0.15) is 16.7 Å². The minimum atomic E-state index is -3.63. The van der Waals surface area contributed by atoms with Crippen LogP contribution in [0, 0.1) is 13.8 Å². The molecular weight excluding hydrogens is 436 g/mol. The topological polar surface area (TPSA) is 77.4 Å². The van der Waals surface area contributed by atoms with Crippen molar-refractivity contribution in [3.8, 4) is 5.75 Å². The lowest BCUT2D eigenvalue weighted by molar-refractivity contribution is -0.116. The summed E-state index contributed by atoms with van der Waals surface area (Å²) in [4.78, 5) is 13.1. The van der Waals surface area contributed by atoms with Crippen molar-refractivity contribution in [1.29, 1.82) is 0 Å². The largest absolute Gasteiger partial charge is 0.495 e.